The Morgan fingerprint density at radius 3 is 2.69 bits per heavy atom. The van der Waals surface area contributed by atoms with E-state index in [-0.39, 0.29) is 5.54 Å². The fourth-order valence-electron chi connectivity index (χ4n) is 1.45. The van der Waals surface area contributed by atoms with Gasteiger partial charge >= 0.3 is 0 Å². The van der Waals surface area contributed by atoms with Gasteiger partial charge in [0.05, 0.1) is 0 Å². The minimum absolute atomic E-state index is 0.140. The van der Waals surface area contributed by atoms with Gasteiger partial charge in [-0.3, -0.25) is 0 Å². The number of aromatic amines is 1. The van der Waals surface area contributed by atoms with Crippen LogP contribution in [0.1, 0.15) is 32.0 Å². The number of rotatable bonds is 4. The summed E-state index contributed by atoms with van der Waals surface area (Å²) in [6.07, 6.45) is 2.85. The number of H-pyrrole nitrogens is 1. The van der Waals surface area contributed by atoms with Crippen LogP contribution in [0, 0.1) is 0 Å². The molecule has 0 fully saturated rings. The van der Waals surface area contributed by atoms with Gasteiger partial charge in [0.1, 0.15) is 0 Å². The maximum Gasteiger partial charge on any atom is 0.0487 e. The van der Waals surface area contributed by atoms with E-state index in [1.807, 2.05) is 33.2 Å². The van der Waals surface area contributed by atoms with E-state index in [1.165, 1.54) is 5.69 Å². The van der Waals surface area contributed by atoms with Crippen molar-refractivity contribution in [3.8, 4) is 0 Å². The molecule has 0 saturated carbocycles. The highest BCUT2D eigenvalue weighted by Crippen LogP contribution is 2.20. The Morgan fingerprint density at radius 1 is 1.62 bits per heavy atom. The first-order valence-electron chi connectivity index (χ1n) is 4.62. The summed E-state index contributed by atoms with van der Waals surface area (Å²) < 4.78 is 0. The van der Waals surface area contributed by atoms with Crippen LogP contribution in [0.3, 0.4) is 0 Å². The van der Waals surface area contributed by atoms with E-state index >= 15 is 0 Å². The zero-order valence-corrected chi connectivity index (χ0v) is 8.59. The minimum Gasteiger partial charge on any atom is -0.364 e. The molecule has 0 aromatic carbocycles. The van der Waals surface area contributed by atoms with E-state index in [4.69, 9.17) is 5.73 Å². The lowest BCUT2D eigenvalue weighted by molar-refractivity contribution is 0.391. The summed E-state index contributed by atoms with van der Waals surface area (Å²) in [5.41, 5.74) is 7.02. The fraction of sp³-hybridized carbons (Fsp3) is 0.600. The van der Waals surface area contributed by atoms with Gasteiger partial charge in [-0.15, -0.1) is 0 Å². The molecular weight excluding hydrogens is 162 g/mol. The van der Waals surface area contributed by atoms with Crippen molar-refractivity contribution in [2.75, 3.05) is 7.05 Å². The molecular formula is C10H19N3. The predicted octanol–water partition coefficient (Wildman–Crippen LogP) is 1.40. The third-order valence-corrected chi connectivity index (χ3v) is 2.08. The molecule has 1 aromatic rings. The van der Waals surface area contributed by atoms with Crippen LogP contribution in [-0.4, -0.2) is 17.6 Å². The normalized spacial score (nSPS) is 14.5. The first-order valence-corrected chi connectivity index (χ1v) is 4.62. The number of hydrogen-bond acceptors (Lipinski definition) is 2. The Kier molecular flexibility index (Phi) is 3.12. The van der Waals surface area contributed by atoms with E-state index in [0.717, 1.165) is 6.42 Å². The first kappa shape index (κ1) is 10.3. The third-order valence-electron chi connectivity index (χ3n) is 2.08. The van der Waals surface area contributed by atoms with Gasteiger partial charge in [-0.25, -0.2) is 0 Å². The Morgan fingerprint density at radius 2 is 2.31 bits per heavy atom. The van der Waals surface area contributed by atoms with Crippen LogP contribution in [0.25, 0.3) is 0 Å². The second-order valence-electron chi connectivity index (χ2n) is 4.16. The lowest BCUT2D eigenvalue weighted by atomic mass is 9.95. The predicted molar refractivity (Wildman–Crippen MR) is 55.5 cm³/mol. The van der Waals surface area contributed by atoms with E-state index in [1.54, 1.807) is 0 Å². The van der Waals surface area contributed by atoms with Crippen molar-refractivity contribution < 1.29 is 0 Å². The summed E-state index contributed by atoms with van der Waals surface area (Å²) in [5.74, 6) is 0. The molecule has 1 heterocycles. The molecule has 3 nitrogen and oxygen atoms in total. The summed E-state index contributed by atoms with van der Waals surface area (Å²) in [5, 5.41) is 3.25. The molecule has 0 amide bonds. The van der Waals surface area contributed by atoms with Crippen molar-refractivity contribution in [3.63, 3.8) is 0 Å². The molecule has 1 rings (SSSR count). The van der Waals surface area contributed by atoms with Crippen molar-refractivity contribution in [2.45, 2.75) is 31.8 Å². The Labute approximate surface area is 79.7 Å². The van der Waals surface area contributed by atoms with Gasteiger partial charge in [-0.2, -0.15) is 0 Å². The first-order chi connectivity index (χ1) is 6.03. The maximum atomic E-state index is 5.96. The van der Waals surface area contributed by atoms with Gasteiger partial charge in [-0.1, -0.05) is 0 Å². The van der Waals surface area contributed by atoms with Crippen LogP contribution in [-0.2, 0) is 0 Å². The highest BCUT2D eigenvalue weighted by molar-refractivity contribution is 5.10. The van der Waals surface area contributed by atoms with E-state index in [2.05, 4.69) is 16.4 Å². The second-order valence-corrected chi connectivity index (χ2v) is 4.16. The van der Waals surface area contributed by atoms with Crippen LogP contribution >= 0.6 is 0 Å². The molecule has 0 saturated heterocycles. The van der Waals surface area contributed by atoms with E-state index in [0.29, 0.717) is 6.04 Å². The molecule has 4 N–H and O–H groups in total. The molecule has 1 atom stereocenters. The zero-order valence-electron chi connectivity index (χ0n) is 8.59. The maximum absolute atomic E-state index is 5.96. The molecule has 0 bridgehead atoms. The molecule has 1 aromatic heterocycles. The molecule has 74 valence electrons. The standard InChI is InChI=1S/C10H19N3/c1-10(2,11)7-9(12-3)8-5-4-6-13-8/h4-6,9,12-13H,7,11H2,1-3H3. The van der Waals surface area contributed by atoms with E-state index < -0.39 is 0 Å². The van der Waals surface area contributed by atoms with Crippen molar-refractivity contribution in [1.29, 1.82) is 0 Å². The van der Waals surface area contributed by atoms with Gasteiger partial charge < -0.3 is 16.0 Å². The molecule has 1 unspecified atom stereocenters. The summed E-state index contributed by atoms with van der Waals surface area (Å²) in [6, 6.07) is 4.39. The Balaban J connectivity index is 2.64. The summed E-state index contributed by atoms with van der Waals surface area (Å²) in [6.45, 7) is 4.08. The van der Waals surface area contributed by atoms with Crippen LogP contribution in [0.5, 0.6) is 0 Å². The van der Waals surface area contributed by atoms with E-state index in [9.17, 15) is 0 Å². The quantitative estimate of drug-likeness (QED) is 0.657. The SMILES string of the molecule is CNC(CC(C)(C)N)c1ccc[nH]1. The zero-order chi connectivity index (χ0) is 9.90. The number of hydrogen-bond donors (Lipinski definition) is 3. The van der Waals surface area contributed by atoms with Gasteiger partial charge in [0.25, 0.3) is 0 Å². The Hall–Kier alpha value is -0.800. The molecule has 0 aliphatic rings. The number of aromatic nitrogens is 1. The second kappa shape index (κ2) is 3.94. The summed E-state index contributed by atoms with van der Waals surface area (Å²) >= 11 is 0. The summed E-state index contributed by atoms with van der Waals surface area (Å²) in [7, 11) is 1.96. The highest BCUT2D eigenvalue weighted by Gasteiger charge is 2.19. The lowest BCUT2D eigenvalue weighted by Crippen LogP contribution is -2.36. The largest absolute Gasteiger partial charge is 0.364 e. The number of nitrogens with two attached hydrogens (primary N) is 1. The third kappa shape index (κ3) is 3.20. The highest BCUT2D eigenvalue weighted by atomic mass is 14.9. The van der Waals surface area contributed by atoms with Gasteiger partial charge in [-0.05, 0) is 39.4 Å². The smallest absolute Gasteiger partial charge is 0.0487 e. The molecule has 3 heteroatoms. The van der Waals surface area contributed by atoms with Crippen LogP contribution in [0.2, 0.25) is 0 Å². The summed E-state index contributed by atoms with van der Waals surface area (Å²) in [4.78, 5) is 3.19. The Bertz CT molecular complexity index is 233. The lowest BCUT2D eigenvalue weighted by Gasteiger charge is -2.25. The fourth-order valence-corrected chi connectivity index (χ4v) is 1.45. The molecule has 0 aliphatic heterocycles. The topological polar surface area (TPSA) is 53.8 Å². The molecule has 0 spiro atoms. The van der Waals surface area contributed by atoms with Crippen LogP contribution in [0.4, 0.5) is 0 Å². The minimum atomic E-state index is -0.140. The van der Waals surface area contributed by atoms with Gasteiger partial charge in [0.15, 0.2) is 0 Å². The average Bonchev–Trinajstić information content (AvgIpc) is 2.50. The van der Waals surface area contributed by atoms with Crippen molar-refractivity contribution in [2.24, 2.45) is 5.73 Å². The molecule has 13 heavy (non-hydrogen) atoms. The molecule has 0 aliphatic carbocycles. The van der Waals surface area contributed by atoms with Crippen LogP contribution < -0.4 is 11.1 Å². The average molecular weight is 181 g/mol. The van der Waals surface area contributed by atoms with Gasteiger partial charge in [0.2, 0.25) is 0 Å². The van der Waals surface area contributed by atoms with Crippen molar-refractivity contribution in [3.05, 3.63) is 24.0 Å². The van der Waals surface area contributed by atoms with Gasteiger partial charge in [0, 0.05) is 23.5 Å². The van der Waals surface area contributed by atoms with Crippen molar-refractivity contribution in [1.82, 2.24) is 10.3 Å². The number of nitrogens with one attached hydrogen (secondary N) is 2. The van der Waals surface area contributed by atoms with Crippen LogP contribution in [0.15, 0.2) is 18.3 Å². The monoisotopic (exact) mass is 181 g/mol. The molecule has 0 radical (unpaired) electrons. The van der Waals surface area contributed by atoms with Crippen molar-refractivity contribution >= 4 is 0 Å².